The Morgan fingerprint density at radius 2 is 2.36 bits per heavy atom. The van der Waals surface area contributed by atoms with E-state index in [1.165, 1.54) is 0 Å². The van der Waals surface area contributed by atoms with Crippen LogP contribution in [0.25, 0.3) is 0 Å². The molecule has 0 fully saturated rings. The van der Waals surface area contributed by atoms with Crippen molar-refractivity contribution in [3.05, 3.63) is 16.4 Å². The van der Waals surface area contributed by atoms with Gasteiger partial charge in [0.2, 0.25) is 0 Å². The first-order valence-corrected chi connectivity index (χ1v) is 3.59. The molecule has 0 aromatic carbocycles. The van der Waals surface area contributed by atoms with Crippen molar-refractivity contribution in [2.75, 3.05) is 0 Å². The van der Waals surface area contributed by atoms with Crippen LogP contribution in [0.2, 0.25) is 5.02 Å². The Morgan fingerprint density at radius 1 is 1.73 bits per heavy atom. The zero-order valence-corrected chi connectivity index (χ0v) is 7.18. The monoisotopic (exact) mass is 169 g/mol. The molecule has 0 spiro atoms. The largest absolute Gasteiger partial charge is 0.270 e. The minimum Gasteiger partial charge on any atom is -0.270 e. The van der Waals surface area contributed by atoms with E-state index in [4.69, 9.17) is 16.9 Å². The Hall–Kier alpha value is -1.01. The Bertz CT molecular complexity index is 308. The molecule has 4 heteroatoms. The molecule has 1 aromatic rings. The first-order valence-electron chi connectivity index (χ1n) is 3.21. The van der Waals surface area contributed by atoms with Crippen LogP contribution in [0.5, 0.6) is 0 Å². The van der Waals surface area contributed by atoms with Gasteiger partial charge in [-0.3, -0.25) is 4.68 Å². The quantitative estimate of drug-likeness (QED) is 0.639. The van der Waals surface area contributed by atoms with E-state index in [0.29, 0.717) is 11.4 Å². The van der Waals surface area contributed by atoms with Crippen LogP contribution in [0, 0.1) is 18.3 Å². The van der Waals surface area contributed by atoms with Crippen LogP contribution in [-0.4, -0.2) is 9.78 Å². The molecule has 3 nitrogen and oxygen atoms in total. The Balaban J connectivity index is 3.14. The van der Waals surface area contributed by atoms with E-state index >= 15 is 0 Å². The van der Waals surface area contributed by atoms with E-state index in [9.17, 15) is 0 Å². The summed E-state index contributed by atoms with van der Waals surface area (Å²) < 4.78 is 1.64. The van der Waals surface area contributed by atoms with Gasteiger partial charge in [0, 0.05) is 7.05 Å². The van der Waals surface area contributed by atoms with Crippen LogP contribution in [0.1, 0.15) is 11.4 Å². The number of rotatable bonds is 1. The van der Waals surface area contributed by atoms with Crippen molar-refractivity contribution in [2.45, 2.75) is 13.3 Å². The minimum atomic E-state index is 0.316. The number of aryl methyl sites for hydroxylation is 2. The summed E-state index contributed by atoms with van der Waals surface area (Å²) in [5, 5.41) is 13.1. The summed E-state index contributed by atoms with van der Waals surface area (Å²) in [5.41, 5.74) is 1.56. The fourth-order valence-corrected chi connectivity index (χ4v) is 1.17. The van der Waals surface area contributed by atoms with E-state index in [2.05, 4.69) is 5.10 Å². The predicted molar refractivity (Wildman–Crippen MR) is 42.3 cm³/mol. The highest BCUT2D eigenvalue weighted by Crippen LogP contribution is 2.19. The highest BCUT2D eigenvalue weighted by molar-refractivity contribution is 6.31. The third-order valence-corrected chi connectivity index (χ3v) is 2.00. The molecule has 58 valence electrons. The van der Waals surface area contributed by atoms with E-state index < -0.39 is 0 Å². The van der Waals surface area contributed by atoms with Gasteiger partial charge in [0.15, 0.2) is 0 Å². The van der Waals surface area contributed by atoms with Crippen molar-refractivity contribution < 1.29 is 0 Å². The molecule has 1 aromatic heterocycles. The predicted octanol–water partition coefficient (Wildman–Crippen LogP) is 1.45. The van der Waals surface area contributed by atoms with Crippen molar-refractivity contribution in [3.8, 4) is 6.07 Å². The van der Waals surface area contributed by atoms with Gasteiger partial charge in [0.05, 0.1) is 28.9 Å². The first-order chi connectivity index (χ1) is 5.16. The lowest BCUT2D eigenvalue weighted by Gasteiger charge is -1.93. The number of nitriles is 1. The number of hydrogen-bond acceptors (Lipinski definition) is 2. The molecular weight excluding hydrogens is 162 g/mol. The van der Waals surface area contributed by atoms with E-state index in [-0.39, 0.29) is 0 Å². The zero-order valence-electron chi connectivity index (χ0n) is 6.43. The smallest absolute Gasteiger partial charge is 0.0857 e. The molecule has 0 N–H and O–H groups in total. The molecular formula is C7H8ClN3. The molecule has 0 unspecified atom stereocenters. The lowest BCUT2D eigenvalue weighted by molar-refractivity contribution is 0.721. The third kappa shape index (κ3) is 1.36. The van der Waals surface area contributed by atoms with Gasteiger partial charge in [-0.25, -0.2) is 0 Å². The van der Waals surface area contributed by atoms with Crippen molar-refractivity contribution >= 4 is 11.6 Å². The Labute approximate surface area is 70.2 Å². The molecule has 0 aliphatic carbocycles. The van der Waals surface area contributed by atoms with Gasteiger partial charge in [-0.05, 0) is 6.92 Å². The van der Waals surface area contributed by atoms with E-state index in [0.717, 1.165) is 11.4 Å². The Kier molecular flexibility index (Phi) is 2.16. The molecule has 1 rings (SSSR count). The molecule has 1 heterocycles. The fourth-order valence-electron chi connectivity index (χ4n) is 0.947. The van der Waals surface area contributed by atoms with Gasteiger partial charge >= 0.3 is 0 Å². The maximum Gasteiger partial charge on any atom is 0.0857 e. The minimum absolute atomic E-state index is 0.316. The summed E-state index contributed by atoms with van der Waals surface area (Å²) in [6.07, 6.45) is 0.316. The molecule has 0 amide bonds. The van der Waals surface area contributed by atoms with Gasteiger partial charge in [-0.1, -0.05) is 11.6 Å². The average molecular weight is 170 g/mol. The lowest BCUT2D eigenvalue weighted by Crippen LogP contribution is -1.96. The highest BCUT2D eigenvalue weighted by atomic mass is 35.5. The molecule has 0 atom stereocenters. The van der Waals surface area contributed by atoms with Gasteiger partial charge in [-0.2, -0.15) is 10.4 Å². The van der Waals surface area contributed by atoms with Crippen molar-refractivity contribution in [2.24, 2.45) is 7.05 Å². The zero-order chi connectivity index (χ0) is 8.43. The molecule has 0 aliphatic heterocycles. The second-order valence-electron chi connectivity index (χ2n) is 2.30. The second-order valence-corrected chi connectivity index (χ2v) is 2.68. The van der Waals surface area contributed by atoms with Gasteiger partial charge < -0.3 is 0 Å². The number of hydrogen-bond donors (Lipinski definition) is 0. The summed E-state index contributed by atoms with van der Waals surface area (Å²) in [5.74, 6) is 0. The maximum absolute atomic E-state index is 8.43. The van der Waals surface area contributed by atoms with Gasteiger partial charge in [0.1, 0.15) is 0 Å². The molecule has 0 saturated carbocycles. The van der Waals surface area contributed by atoms with Crippen LogP contribution in [0.4, 0.5) is 0 Å². The maximum atomic E-state index is 8.43. The van der Waals surface area contributed by atoms with Crippen LogP contribution in [-0.2, 0) is 13.5 Å². The molecule has 0 saturated heterocycles. The van der Waals surface area contributed by atoms with E-state index in [1.807, 2.05) is 13.0 Å². The average Bonchev–Trinajstić information content (AvgIpc) is 2.17. The highest BCUT2D eigenvalue weighted by Gasteiger charge is 2.09. The third-order valence-electron chi connectivity index (χ3n) is 1.51. The number of aromatic nitrogens is 2. The second kappa shape index (κ2) is 2.93. The molecule has 0 aliphatic rings. The molecule has 0 bridgehead atoms. The van der Waals surface area contributed by atoms with Gasteiger partial charge in [-0.15, -0.1) is 0 Å². The normalized spacial score (nSPS) is 9.64. The summed E-state index contributed by atoms with van der Waals surface area (Å²) in [6.45, 7) is 1.82. The van der Waals surface area contributed by atoms with E-state index in [1.54, 1.807) is 11.7 Å². The topological polar surface area (TPSA) is 41.6 Å². The number of halogens is 1. The summed E-state index contributed by atoms with van der Waals surface area (Å²) >= 11 is 5.86. The van der Waals surface area contributed by atoms with Gasteiger partial charge in [0.25, 0.3) is 0 Å². The molecule has 11 heavy (non-hydrogen) atoms. The lowest BCUT2D eigenvalue weighted by atomic mass is 10.3. The summed E-state index contributed by atoms with van der Waals surface area (Å²) in [6, 6.07) is 2.03. The SMILES string of the molecule is Cc1nn(C)c(CC#N)c1Cl. The van der Waals surface area contributed by atoms with Crippen LogP contribution >= 0.6 is 11.6 Å². The van der Waals surface area contributed by atoms with Crippen LogP contribution in [0.15, 0.2) is 0 Å². The van der Waals surface area contributed by atoms with Crippen LogP contribution < -0.4 is 0 Å². The molecule has 0 radical (unpaired) electrons. The van der Waals surface area contributed by atoms with Crippen molar-refractivity contribution in [1.29, 1.82) is 5.26 Å². The first kappa shape index (κ1) is 8.09. The number of nitrogens with zero attached hydrogens (tertiary/aromatic N) is 3. The van der Waals surface area contributed by atoms with Crippen molar-refractivity contribution in [3.63, 3.8) is 0 Å². The van der Waals surface area contributed by atoms with Crippen LogP contribution in [0.3, 0.4) is 0 Å². The Morgan fingerprint density at radius 3 is 2.73 bits per heavy atom. The van der Waals surface area contributed by atoms with Crippen molar-refractivity contribution in [1.82, 2.24) is 9.78 Å². The summed E-state index contributed by atoms with van der Waals surface area (Å²) in [4.78, 5) is 0. The summed E-state index contributed by atoms with van der Waals surface area (Å²) in [7, 11) is 1.78. The standard InChI is InChI=1S/C7H8ClN3/c1-5-7(8)6(3-4-9)11(2)10-5/h3H2,1-2H3. The fraction of sp³-hybridized carbons (Fsp3) is 0.429.